The Balaban J connectivity index is 2.43. The lowest BCUT2D eigenvalue weighted by Gasteiger charge is -2.41. The fourth-order valence-electron chi connectivity index (χ4n) is 13.4. The monoisotopic (exact) mass is 1360 g/mol. The van der Waals surface area contributed by atoms with E-state index in [1.165, 1.54) is 87.7 Å². The van der Waals surface area contributed by atoms with Crippen molar-refractivity contribution < 1.29 is 66.3 Å². The Bertz CT molecular complexity index is 2840. The number of piperidine rings is 1. The average molecular weight is 1360 g/mol. The van der Waals surface area contributed by atoms with Gasteiger partial charge in [0.1, 0.15) is 66.5 Å². The first-order valence-corrected chi connectivity index (χ1v) is 35.9. The molecular weight excluding hydrogens is 1240 g/mol. The van der Waals surface area contributed by atoms with Gasteiger partial charge in [0.25, 0.3) is 0 Å². The topological polar surface area (TPSA) is 307 Å². The number of aliphatic hydroxyl groups excluding tert-OH is 1. The predicted molar refractivity (Wildman–Crippen MR) is 365 cm³/mol. The molecule has 0 spiro atoms. The van der Waals surface area contributed by atoms with Crippen molar-refractivity contribution in [2.75, 3.05) is 75.2 Å². The minimum atomic E-state index is -4.20. The lowest BCUT2D eigenvalue weighted by atomic mass is 9.91. The van der Waals surface area contributed by atoms with Gasteiger partial charge in [-0.05, 0) is 135 Å². The van der Waals surface area contributed by atoms with Crippen molar-refractivity contribution in [1.82, 2.24) is 60.0 Å². The summed E-state index contributed by atoms with van der Waals surface area (Å²) in [6.07, 6.45) is 2.90. The maximum absolute atomic E-state index is 15.5. The number of rotatable bonds is 16. The van der Waals surface area contributed by atoms with Crippen molar-refractivity contribution >= 4 is 74.8 Å². The van der Waals surface area contributed by atoms with E-state index in [0.29, 0.717) is 13.1 Å². The summed E-state index contributed by atoms with van der Waals surface area (Å²) in [6.45, 7) is 28.5. The van der Waals surface area contributed by atoms with Gasteiger partial charge in [-0.1, -0.05) is 95.2 Å². The molecule has 0 saturated carbocycles. The summed E-state index contributed by atoms with van der Waals surface area (Å²) in [5.74, 6) is -11.6. The first-order chi connectivity index (χ1) is 43.9. The van der Waals surface area contributed by atoms with Gasteiger partial charge >= 0.3 is 0 Å². The van der Waals surface area contributed by atoms with Crippen LogP contribution in [0, 0.1) is 35.5 Å². The summed E-state index contributed by atoms with van der Waals surface area (Å²) in [5, 5.41) is 19.8. The zero-order chi connectivity index (χ0) is 72.9. The van der Waals surface area contributed by atoms with Crippen LogP contribution in [0.5, 0.6) is 0 Å². The van der Waals surface area contributed by atoms with E-state index >= 15 is 28.8 Å². The smallest absolute Gasteiger partial charge is 0.246 e. The number of hydrogen-bond donors (Lipinski definition) is 4. The SMILES string of the molecule is C/C=C/C[C@@H](C)[C@@H](O)[C@H]1C(=O)N[C@@H](CC)C(=O)N(C)[C@H](CS(=O)(=O)C2CCN(C)CC2)C(=O)N(C)[C@@H](CC(C)C)C(=O)N[C@@H](C(C)C)C(=O)N(C)[C@H]2CC(C)N(C2=O)[C@@H](C)C(=O)N[C@H](C)C(=O)N(C)[C@@H](CC(C)C)C(=O)N(C)[C@@H](CC(C)C)C(=O)N(C)[C@@H](C(C)C)C(=O)N1C. The van der Waals surface area contributed by atoms with Crippen LogP contribution in [0.4, 0.5) is 0 Å². The molecule has 2 bridgehead atoms. The number of fused-ring (bicyclic) bond motifs is 2. The Hall–Kier alpha value is -6.22. The summed E-state index contributed by atoms with van der Waals surface area (Å²) in [4.78, 5) is 176. The number of carbonyl (C=O) groups excluding carboxylic acids is 11. The van der Waals surface area contributed by atoms with Crippen LogP contribution < -0.4 is 16.0 Å². The molecule has 542 valence electrons. The minimum absolute atomic E-state index is 0.00690. The standard InChI is InChI=1S/C68H120N12O14S/c1-25-27-28-43(13)57(81)56-60(84)70-48(26-2)62(86)77(22)53(37-95(93,94)47-29-31-72(17)32-30-47)65(89)73(18)49(33-38(3)4)59(83)71-54(41(9)10)67(91)76(21)52-36-44(14)80(66(52)90)46(16)58(82)69-45(15)61(85)74(19)50(34-39(5)6)63(87)75(20)51(35-40(7)8)64(88)78(23)55(42(11)12)68(92)79(56)24/h25,27,38-57,81H,26,28-37H2,1-24H3,(H,69,82)(H,70,84)(H,71,83)/b27-25+/t43-,44?,45-,46+,48+,49+,50+,51+,52+,53-,54+,55+,56+,57-/m1/s1. The van der Waals surface area contributed by atoms with Crippen molar-refractivity contribution in [2.45, 2.75) is 246 Å². The van der Waals surface area contributed by atoms with Crippen LogP contribution in [0.1, 0.15) is 162 Å². The Kier molecular flexibility index (Phi) is 31.3. The van der Waals surface area contributed by atoms with Gasteiger partial charge in [-0.25, -0.2) is 8.42 Å². The summed E-state index contributed by atoms with van der Waals surface area (Å²) in [5.41, 5.74) is 0. The Labute approximate surface area is 567 Å². The Morgan fingerprint density at radius 1 is 0.516 bits per heavy atom. The zero-order valence-electron chi connectivity index (χ0n) is 61.7. The first-order valence-electron chi connectivity index (χ1n) is 34.2. The van der Waals surface area contributed by atoms with Crippen LogP contribution in [-0.4, -0.2) is 282 Å². The average Bonchev–Trinajstić information content (AvgIpc) is 1.77. The number of nitrogens with zero attached hydrogens (tertiary/aromatic N) is 9. The highest BCUT2D eigenvalue weighted by Crippen LogP contribution is 2.30. The zero-order valence-corrected chi connectivity index (χ0v) is 62.5. The highest BCUT2D eigenvalue weighted by atomic mass is 32.2. The highest BCUT2D eigenvalue weighted by molar-refractivity contribution is 7.92. The van der Waals surface area contributed by atoms with Crippen LogP contribution in [0.2, 0.25) is 0 Å². The van der Waals surface area contributed by atoms with Crippen molar-refractivity contribution in [2.24, 2.45) is 35.5 Å². The van der Waals surface area contributed by atoms with Gasteiger partial charge in [-0.2, -0.15) is 0 Å². The predicted octanol–water partition coefficient (Wildman–Crippen LogP) is 2.61. The van der Waals surface area contributed by atoms with E-state index in [1.807, 2.05) is 53.5 Å². The second-order valence-electron chi connectivity index (χ2n) is 29.3. The molecule has 0 aromatic carbocycles. The number of aliphatic hydroxyl groups is 1. The van der Waals surface area contributed by atoms with Crippen molar-refractivity contribution in [3.05, 3.63) is 12.2 Å². The molecule has 14 atom stereocenters. The van der Waals surface area contributed by atoms with Gasteiger partial charge in [0, 0.05) is 55.4 Å². The maximum Gasteiger partial charge on any atom is 0.246 e. The molecule has 4 N–H and O–H groups in total. The lowest BCUT2D eigenvalue weighted by Crippen LogP contribution is -2.64. The number of carbonyl (C=O) groups is 11. The lowest BCUT2D eigenvalue weighted by molar-refractivity contribution is -0.157. The van der Waals surface area contributed by atoms with Gasteiger partial charge in [0.2, 0.25) is 65.0 Å². The Morgan fingerprint density at radius 3 is 1.46 bits per heavy atom. The molecule has 26 nitrogen and oxygen atoms in total. The molecule has 0 aliphatic carbocycles. The van der Waals surface area contributed by atoms with Crippen LogP contribution >= 0.6 is 0 Å². The summed E-state index contributed by atoms with van der Waals surface area (Å²) < 4.78 is 29.4. The molecule has 95 heavy (non-hydrogen) atoms. The van der Waals surface area contributed by atoms with E-state index in [0.717, 1.165) is 14.7 Å². The van der Waals surface area contributed by atoms with E-state index in [1.54, 1.807) is 67.5 Å². The van der Waals surface area contributed by atoms with Gasteiger partial charge in [-0.3, -0.25) is 52.7 Å². The number of allylic oxidation sites excluding steroid dienone is 2. The van der Waals surface area contributed by atoms with E-state index in [2.05, 4.69) is 16.0 Å². The minimum Gasteiger partial charge on any atom is -0.390 e. The van der Waals surface area contributed by atoms with Crippen LogP contribution in [0.15, 0.2) is 12.2 Å². The molecule has 1 unspecified atom stereocenters. The summed E-state index contributed by atoms with van der Waals surface area (Å²) in [6, 6.07) is -15.4. The number of nitrogens with one attached hydrogen (secondary N) is 3. The molecule has 3 rings (SSSR count). The second-order valence-corrected chi connectivity index (χ2v) is 31.6. The van der Waals surface area contributed by atoms with E-state index in [9.17, 15) is 37.5 Å². The van der Waals surface area contributed by atoms with Crippen LogP contribution in [0.25, 0.3) is 0 Å². The number of sulfone groups is 1. The van der Waals surface area contributed by atoms with Crippen molar-refractivity contribution in [1.29, 1.82) is 0 Å². The fourth-order valence-corrected chi connectivity index (χ4v) is 15.4. The molecule has 0 radical (unpaired) electrons. The second kappa shape index (κ2) is 35.9. The fraction of sp³-hybridized carbons (Fsp3) is 0.809. The maximum atomic E-state index is 15.5. The quantitative estimate of drug-likeness (QED) is 0.162. The summed E-state index contributed by atoms with van der Waals surface area (Å²) in [7, 11) is 7.27. The van der Waals surface area contributed by atoms with Gasteiger partial charge in [0.05, 0.1) is 17.1 Å². The third-order valence-corrected chi connectivity index (χ3v) is 21.8. The molecule has 3 aliphatic heterocycles. The normalized spacial score (nSPS) is 29.0. The van der Waals surface area contributed by atoms with E-state index in [4.69, 9.17) is 0 Å². The van der Waals surface area contributed by atoms with E-state index < -0.39 is 182 Å². The van der Waals surface area contributed by atoms with Crippen molar-refractivity contribution in [3.63, 3.8) is 0 Å². The molecule has 3 fully saturated rings. The molecule has 27 heteroatoms. The largest absolute Gasteiger partial charge is 0.390 e. The molecule has 0 aromatic heterocycles. The molecule has 3 aliphatic rings. The van der Waals surface area contributed by atoms with Crippen molar-refractivity contribution in [3.8, 4) is 0 Å². The highest BCUT2D eigenvalue weighted by Gasteiger charge is 2.50. The third-order valence-electron chi connectivity index (χ3n) is 19.6. The first kappa shape index (κ1) is 83.0. The molecule has 3 saturated heterocycles. The number of likely N-dealkylation sites (tertiary alicyclic amines) is 1. The number of hydrogen-bond acceptors (Lipinski definition) is 15. The Morgan fingerprint density at radius 2 is 0.979 bits per heavy atom. The van der Waals surface area contributed by atoms with Gasteiger partial charge < -0.3 is 65.2 Å². The summed E-state index contributed by atoms with van der Waals surface area (Å²) >= 11 is 0. The molecule has 0 aromatic rings. The number of amides is 11. The third kappa shape index (κ3) is 20.7. The number of likely N-dealkylation sites (N-methyl/N-ethyl adjacent to an activating group) is 7. The van der Waals surface area contributed by atoms with Gasteiger partial charge in [0.15, 0.2) is 9.84 Å². The van der Waals surface area contributed by atoms with E-state index in [-0.39, 0.29) is 69.1 Å². The van der Waals surface area contributed by atoms with Crippen LogP contribution in [0.3, 0.4) is 0 Å². The molecule has 3 heterocycles. The molecule has 11 amide bonds. The van der Waals surface area contributed by atoms with Gasteiger partial charge in [-0.15, -0.1) is 0 Å². The molecular formula is C68H120N12O14S. The van der Waals surface area contributed by atoms with Crippen LogP contribution in [-0.2, 0) is 62.6 Å².